The highest BCUT2D eigenvalue weighted by Crippen LogP contribution is 2.37. The van der Waals surface area contributed by atoms with Gasteiger partial charge in [-0.15, -0.1) is 0 Å². The first kappa shape index (κ1) is 11.4. The highest BCUT2D eigenvalue weighted by atomic mass is 127. The van der Waals surface area contributed by atoms with Crippen LogP contribution in [-0.4, -0.2) is 4.92 Å². The van der Waals surface area contributed by atoms with Gasteiger partial charge in [0.05, 0.1) is 4.92 Å². The molecule has 0 amide bonds. The number of nitro groups is 1. The number of benzene rings is 1. The van der Waals surface area contributed by atoms with Gasteiger partial charge in [-0.05, 0) is 67.4 Å². The third-order valence-electron chi connectivity index (χ3n) is 1.51. The second kappa shape index (κ2) is 4.22. The van der Waals surface area contributed by atoms with E-state index >= 15 is 0 Å². The van der Waals surface area contributed by atoms with Gasteiger partial charge in [0.25, 0.3) is 5.69 Å². The highest BCUT2D eigenvalue weighted by molar-refractivity contribution is 14.1. The molecular formula is C7H4Br2INO2. The Balaban J connectivity index is 3.53. The molecule has 70 valence electrons. The summed E-state index contributed by atoms with van der Waals surface area (Å²) < 4.78 is 2.21. The smallest absolute Gasteiger partial charge is 0.258 e. The maximum Gasteiger partial charge on any atom is 0.287 e. The summed E-state index contributed by atoms with van der Waals surface area (Å²) in [5, 5.41) is 10.7. The average molecular weight is 421 g/mol. The van der Waals surface area contributed by atoms with E-state index in [9.17, 15) is 10.1 Å². The summed E-state index contributed by atoms with van der Waals surface area (Å²) in [6, 6.07) is 1.74. The van der Waals surface area contributed by atoms with Crippen molar-refractivity contribution >= 4 is 60.1 Å². The van der Waals surface area contributed by atoms with Gasteiger partial charge in [-0.3, -0.25) is 10.1 Å². The molecule has 0 bridgehead atoms. The fourth-order valence-corrected chi connectivity index (χ4v) is 2.82. The van der Waals surface area contributed by atoms with Gasteiger partial charge in [0, 0.05) is 13.6 Å². The van der Waals surface area contributed by atoms with Crippen molar-refractivity contribution in [3.63, 3.8) is 0 Å². The topological polar surface area (TPSA) is 43.1 Å². The Hall–Kier alpha value is 0.310. The van der Waals surface area contributed by atoms with Crippen LogP contribution in [-0.2, 0) is 0 Å². The molecule has 0 N–H and O–H groups in total. The van der Waals surface area contributed by atoms with Gasteiger partial charge < -0.3 is 0 Å². The Bertz CT molecular complexity index is 381. The molecular weight excluding hydrogens is 417 g/mol. The third kappa shape index (κ3) is 2.21. The Labute approximate surface area is 105 Å². The molecule has 0 saturated heterocycles. The number of hydrogen-bond acceptors (Lipinski definition) is 2. The molecule has 1 rings (SSSR count). The first-order chi connectivity index (χ1) is 5.95. The van der Waals surface area contributed by atoms with Gasteiger partial charge in [0.2, 0.25) is 0 Å². The van der Waals surface area contributed by atoms with Gasteiger partial charge in [-0.1, -0.05) is 0 Å². The van der Waals surface area contributed by atoms with Crippen LogP contribution < -0.4 is 0 Å². The van der Waals surface area contributed by atoms with Gasteiger partial charge in [0.1, 0.15) is 4.47 Å². The molecule has 0 aliphatic heterocycles. The lowest BCUT2D eigenvalue weighted by Gasteiger charge is -2.03. The minimum atomic E-state index is -0.381. The minimum Gasteiger partial charge on any atom is -0.258 e. The molecule has 0 saturated carbocycles. The summed E-state index contributed by atoms with van der Waals surface area (Å²) in [6.07, 6.45) is 0. The quantitative estimate of drug-likeness (QED) is 0.298. The van der Waals surface area contributed by atoms with Gasteiger partial charge >= 0.3 is 0 Å². The summed E-state index contributed by atoms with van der Waals surface area (Å²) in [5.41, 5.74) is 0.775. The number of aryl methyl sites for hydroxylation is 1. The van der Waals surface area contributed by atoms with E-state index in [0.29, 0.717) is 10.0 Å². The van der Waals surface area contributed by atoms with E-state index in [0.717, 1.165) is 8.04 Å². The highest BCUT2D eigenvalue weighted by Gasteiger charge is 2.20. The Morgan fingerprint density at radius 2 is 2.08 bits per heavy atom. The van der Waals surface area contributed by atoms with Crippen LogP contribution in [0.25, 0.3) is 0 Å². The van der Waals surface area contributed by atoms with Crippen molar-refractivity contribution in [1.29, 1.82) is 0 Å². The lowest BCUT2D eigenvalue weighted by Crippen LogP contribution is -1.95. The monoisotopic (exact) mass is 419 g/mol. The zero-order valence-electron chi connectivity index (χ0n) is 6.47. The molecule has 3 nitrogen and oxygen atoms in total. The SMILES string of the molecule is Cc1cc(Br)c(I)c(Br)c1[N+](=O)[O-]. The molecule has 0 aliphatic carbocycles. The van der Waals surface area contributed by atoms with Crippen LogP contribution in [0.5, 0.6) is 0 Å². The Morgan fingerprint density at radius 3 is 2.54 bits per heavy atom. The molecule has 6 heteroatoms. The predicted octanol–water partition coefficient (Wildman–Crippen LogP) is 4.03. The van der Waals surface area contributed by atoms with Crippen molar-refractivity contribution in [1.82, 2.24) is 0 Å². The summed E-state index contributed by atoms with van der Waals surface area (Å²) in [4.78, 5) is 10.3. The molecule has 0 heterocycles. The van der Waals surface area contributed by atoms with Crippen LogP contribution in [0.1, 0.15) is 5.56 Å². The van der Waals surface area contributed by atoms with E-state index in [1.807, 2.05) is 22.6 Å². The fourth-order valence-electron chi connectivity index (χ4n) is 0.928. The number of rotatable bonds is 1. The lowest BCUT2D eigenvalue weighted by molar-refractivity contribution is -0.386. The fraction of sp³-hybridized carbons (Fsp3) is 0.143. The van der Waals surface area contributed by atoms with Crippen molar-refractivity contribution in [2.75, 3.05) is 0 Å². The van der Waals surface area contributed by atoms with E-state index in [-0.39, 0.29) is 10.6 Å². The van der Waals surface area contributed by atoms with E-state index in [1.54, 1.807) is 13.0 Å². The second-order valence-corrected chi connectivity index (χ2v) is 5.14. The summed E-state index contributed by atoms with van der Waals surface area (Å²) in [5.74, 6) is 0. The van der Waals surface area contributed by atoms with Crippen LogP contribution in [0.2, 0.25) is 0 Å². The van der Waals surface area contributed by atoms with Crippen molar-refractivity contribution in [3.8, 4) is 0 Å². The number of nitrogens with zero attached hydrogens (tertiary/aromatic N) is 1. The molecule has 0 atom stereocenters. The molecule has 0 fully saturated rings. The molecule has 0 spiro atoms. The number of halogens is 3. The molecule has 13 heavy (non-hydrogen) atoms. The van der Waals surface area contributed by atoms with Crippen LogP contribution in [0.15, 0.2) is 15.0 Å². The number of nitro benzene ring substituents is 1. The minimum absolute atomic E-state index is 0.132. The standard InChI is InChI=1S/C7H4Br2INO2/c1-3-2-4(8)6(10)5(9)7(3)11(12)13/h2H,1H3. The molecule has 1 aromatic rings. The van der Waals surface area contributed by atoms with Crippen LogP contribution >= 0.6 is 54.5 Å². The van der Waals surface area contributed by atoms with Gasteiger partial charge in [-0.25, -0.2) is 0 Å². The first-order valence-corrected chi connectivity index (χ1v) is 5.90. The normalized spacial score (nSPS) is 10.2. The van der Waals surface area contributed by atoms with Gasteiger partial charge in [-0.2, -0.15) is 0 Å². The summed E-state index contributed by atoms with van der Waals surface area (Å²) >= 11 is 8.57. The maximum atomic E-state index is 10.7. The van der Waals surface area contributed by atoms with Crippen molar-refractivity contribution in [2.24, 2.45) is 0 Å². The maximum absolute atomic E-state index is 10.7. The van der Waals surface area contributed by atoms with E-state index < -0.39 is 0 Å². The number of hydrogen-bond donors (Lipinski definition) is 0. The average Bonchev–Trinajstić information content (AvgIpc) is 1.99. The molecule has 0 aromatic heterocycles. The molecule has 0 radical (unpaired) electrons. The van der Waals surface area contributed by atoms with Crippen molar-refractivity contribution in [3.05, 3.63) is 34.3 Å². The van der Waals surface area contributed by atoms with Gasteiger partial charge in [0.15, 0.2) is 0 Å². The zero-order valence-corrected chi connectivity index (χ0v) is 11.8. The third-order valence-corrected chi connectivity index (χ3v) is 5.51. The van der Waals surface area contributed by atoms with Crippen LogP contribution in [0.3, 0.4) is 0 Å². The zero-order chi connectivity index (χ0) is 10.2. The van der Waals surface area contributed by atoms with E-state index in [2.05, 4.69) is 31.9 Å². The first-order valence-electron chi connectivity index (χ1n) is 3.23. The molecule has 1 aromatic carbocycles. The predicted molar refractivity (Wildman–Crippen MR) is 66.0 cm³/mol. The van der Waals surface area contributed by atoms with Crippen LogP contribution in [0, 0.1) is 20.6 Å². The Morgan fingerprint density at radius 1 is 1.54 bits per heavy atom. The van der Waals surface area contributed by atoms with Crippen molar-refractivity contribution < 1.29 is 4.92 Å². The summed E-state index contributed by atoms with van der Waals surface area (Å²) in [7, 11) is 0. The van der Waals surface area contributed by atoms with E-state index in [4.69, 9.17) is 0 Å². The molecule has 0 unspecified atom stereocenters. The Kier molecular flexibility index (Phi) is 3.70. The second-order valence-electron chi connectivity index (χ2n) is 2.41. The lowest BCUT2D eigenvalue weighted by atomic mass is 10.2. The largest absolute Gasteiger partial charge is 0.287 e. The van der Waals surface area contributed by atoms with Crippen molar-refractivity contribution in [2.45, 2.75) is 6.92 Å². The van der Waals surface area contributed by atoms with E-state index in [1.165, 1.54) is 0 Å². The summed E-state index contributed by atoms with van der Waals surface area (Å²) in [6.45, 7) is 1.71. The van der Waals surface area contributed by atoms with Crippen LogP contribution in [0.4, 0.5) is 5.69 Å². The molecule has 0 aliphatic rings.